The molecule has 0 saturated heterocycles. The number of anilines is 1. The molecule has 6 nitrogen and oxygen atoms in total. The number of aromatic nitrogens is 4. The van der Waals surface area contributed by atoms with E-state index in [0.29, 0.717) is 16.7 Å². The van der Waals surface area contributed by atoms with Crippen LogP contribution >= 0.6 is 31.9 Å². The predicted molar refractivity (Wildman–Crippen MR) is 104 cm³/mol. The molecule has 25 heavy (non-hydrogen) atoms. The third kappa shape index (κ3) is 3.85. The van der Waals surface area contributed by atoms with E-state index in [2.05, 4.69) is 47.4 Å². The van der Waals surface area contributed by atoms with Crippen molar-refractivity contribution in [2.24, 2.45) is 7.05 Å². The molecule has 0 bridgehead atoms. The molecule has 0 radical (unpaired) electrons. The fourth-order valence-corrected chi connectivity index (χ4v) is 3.39. The van der Waals surface area contributed by atoms with Crippen LogP contribution in [-0.4, -0.2) is 25.5 Å². The molecule has 0 spiro atoms. The Balaban J connectivity index is 1.78. The average molecular weight is 467 g/mol. The van der Waals surface area contributed by atoms with Crippen LogP contribution in [0.1, 0.15) is 27.4 Å². The number of nitrogens with zero attached hydrogens (tertiary/aromatic N) is 4. The number of hydrogen-bond donors (Lipinski definition) is 1. The molecule has 0 fully saturated rings. The van der Waals surface area contributed by atoms with Crippen molar-refractivity contribution < 1.29 is 4.79 Å². The van der Waals surface area contributed by atoms with Crippen molar-refractivity contribution in [1.82, 2.24) is 19.6 Å². The molecule has 1 N–H and O–H groups in total. The summed E-state index contributed by atoms with van der Waals surface area (Å²) in [6, 6.07) is 7.73. The van der Waals surface area contributed by atoms with Crippen LogP contribution in [0.25, 0.3) is 0 Å². The van der Waals surface area contributed by atoms with Crippen LogP contribution in [0.5, 0.6) is 0 Å². The third-order valence-electron chi connectivity index (χ3n) is 3.81. The maximum absolute atomic E-state index is 12.4. The number of halogens is 2. The van der Waals surface area contributed by atoms with E-state index in [9.17, 15) is 4.79 Å². The van der Waals surface area contributed by atoms with E-state index in [4.69, 9.17) is 0 Å². The van der Waals surface area contributed by atoms with Gasteiger partial charge in [0.2, 0.25) is 0 Å². The van der Waals surface area contributed by atoms with Crippen molar-refractivity contribution >= 4 is 43.5 Å². The van der Waals surface area contributed by atoms with Crippen LogP contribution in [0.15, 0.2) is 39.4 Å². The smallest absolute Gasteiger partial charge is 0.277 e. The van der Waals surface area contributed by atoms with Gasteiger partial charge in [-0.15, -0.1) is 0 Å². The van der Waals surface area contributed by atoms with Gasteiger partial charge in [-0.05, 0) is 63.4 Å². The third-order valence-corrected chi connectivity index (χ3v) is 5.54. The number of benzene rings is 1. The van der Waals surface area contributed by atoms with Crippen LogP contribution < -0.4 is 5.32 Å². The lowest BCUT2D eigenvalue weighted by Crippen LogP contribution is -2.14. The number of amides is 1. The Morgan fingerprint density at radius 1 is 1.24 bits per heavy atom. The molecule has 0 saturated carbocycles. The van der Waals surface area contributed by atoms with E-state index in [1.807, 2.05) is 42.8 Å². The summed E-state index contributed by atoms with van der Waals surface area (Å²) in [7, 11) is 1.77. The molecule has 8 heteroatoms. The van der Waals surface area contributed by atoms with E-state index in [1.165, 1.54) is 0 Å². The van der Waals surface area contributed by atoms with Crippen LogP contribution in [0.3, 0.4) is 0 Å². The Hall–Kier alpha value is -1.93. The van der Waals surface area contributed by atoms with Gasteiger partial charge in [0, 0.05) is 18.9 Å². The fourth-order valence-electron chi connectivity index (χ4n) is 2.55. The summed E-state index contributed by atoms with van der Waals surface area (Å²) < 4.78 is 5.22. The van der Waals surface area contributed by atoms with Crippen LogP contribution in [0.2, 0.25) is 0 Å². The molecule has 1 aromatic carbocycles. The van der Waals surface area contributed by atoms with Crippen molar-refractivity contribution in [1.29, 1.82) is 0 Å². The highest BCUT2D eigenvalue weighted by molar-refractivity contribution is 9.10. The zero-order valence-corrected chi connectivity index (χ0v) is 17.2. The molecule has 0 aliphatic heterocycles. The Bertz CT molecular complexity index is 945. The standard InChI is InChI=1S/C17H17Br2N5O/c1-10-15(19)11(2)24(21-10)8-12-5-4-6-13(7-12)20-17(25)16-14(18)9-23(3)22-16/h4-7,9H,8H2,1-3H3,(H,20,25). The summed E-state index contributed by atoms with van der Waals surface area (Å²) >= 11 is 6.89. The second kappa shape index (κ2) is 7.13. The van der Waals surface area contributed by atoms with Crippen molar-refractivity contribution in [2.45, 2.75) is 20.4 Å². The summed E-state index contributed by atoms with van der Waals surface area (Å²) in [5, 5.41) is 11.6. The van der Waals surface area contributed by atoms with E-state index in [0.717, 1.165) is 27.1 Å². The van der Waals surface area contributed by atoms with Gasteiger partial charge in [0.05, 0.1) is 26.9 Å². The SMILES string of the molecule is Cc1nn(Cc2cccc(NC(=O)c3nn(C)cc3Br)c2)c(C)c1Br. The van der Waals surface area contributed by atoms with Crippen LogP contribution in [0, 0.1) is 13.8 Å². The predicted octanol–water partition coefficient (Wildman–Crippen LogP) is 4.06. The molecule has 0 atom stereocenters. The Morgan fingerprint density at radius 2 is 2.00 bits per heavy atom. The van der Waals surface area contributed by atoms with Gasteiger partial charge in [-0.1, -0.05) is 12.1 Å². The lowest BCUT2D eigenvalue weighted by molar-refractivity contribution is 0.102. The molecule has 3 aromatic rings. The molecule has 0 aliphatic rings. The highest BCUT2D eigenvalue weighted by Crippen LogP contribution is 2.22. The number of aryl methyl sites for hydroxylation is 2. The molecular formula is C17H17Br2N5O. The van der Waals surface area contributed by atoms with Gasteiger partial charge in [-0.2, -0.15) is 10.2 Å². The Morgan fingerprint density at radius 3 is 2.60 bits per heavy atom. The van der Waals surface area contributed by atoms with E-state index < -0.39 is 0 Å². The molecule has 0 aliphatic carbocycles. The van der Waals surface area contributed by atoms with Crippen LogP contribution in [0.4, 0.5) is 5.69 Å². The second-order valence-electron chi connectivity index (χ2n) is 5.80. The quantitative estimate of drug-likeness (QED) is 0.630. The van der Waals surface area contributed by atoms with Gasteiger partial charge < -0.3 is 5.32 Å². The molecule has 0 unspecified atom stereocenters. The molecule has 2 aromatic heterocycles. The lowest BCUT2D eigenvalue weighted by atomic mass is 10.2. The molecular weight excluding hydrogens is 450 g/mol. The maximum atomic E-state index is 12.4. The summed E-state index contributed by atoms with van der Waals surface area (Å²) in [5.41, 5.74) is 4.17. The number of rotatable bonds is 4. The van der Waals surface area contributed by atoms with Gasteiger partial charge in [-0.25, -0.2) is 0 Å². The minimum Gasteiger partial charge on any atom is -0.321 e. The number of carbonyl (C=O) groups is 1. The molecule has 130 valence electrons. The maximum Gasteiger partial charge on any atom is 0.277 e. The first-order valence-electron chi connectivity index (χ1n) is 7.64. The largest absolute Gasteiger partial charge is 0.321 e. The number of hydrogen-bond acceptors (Lipinski definition) is 3. The van der Waals surface area contributed by atoms with E-state index in [1.54, 1.807) is 17.9 Å². The summed E-state index contributed by atoms with van der Waals surface area (Å²) in [6.07, 6.45) is 1.74. The minimum atomic E-state index is -0.251. The van der Waals surface area contributed by atoms with Gasteiger partial charge in [0.25, 0.3) is 5.91 Å². The highest BCUT2D eigenvalue weighted by Gasteiger charge is 2.15. The van der Waals surface area contributed by atoms with Crippen molar-refractivity contribution in [2.75, 3.05) is 5.32 Å². The van der Waals surface area contributed by atoms with Crippen molar-refractivity contribution in [3.8, 4) is 0 Å². The molecule has 3 rings (SSSR count). The monoisotopic (exact) mass is 465 g/mol. The first kappa shape index (κ1) is 17.9. The van der Waals surface area contributed by atoms with Crippen molar-refractivity contribution in [3.05, 3.63) is 62.1 Å². The van der Waals surface area contributed by atoms with Gasteiger partial charge >= 0.3 is 0 Å². The average Bonchev–Trinajstić information content (AvgIpc) is 3.02. The second-order valence-corrected chi connectivity index (χ2v) is 7.44. The normalized spacial score (nSPS) is 10.9. The minimum absolute atomic E-state index is 0.251. The zero-order chi connectivity index (χ0) is 18.1. The lowest BCUT2D eigenvalue weighted by Gasteiger charge is -2.08. The first-order chi connectivity index (χ1) is 11.8. The number of nitrogens with one attached hydrogen (secondary N) is 1. The summed E-state index contributed by atoms with van der Waals surface area (Å²) in [6.45, 7) is 4.62. The first-order valence-corrected chi connectivity index (χ1v) is 9.22. The zero-order valence-electron chi connectivity index (χ0n) is 14.0. The summed E-state index contributed by atoms with van der Waals surface area (Å²) in [4.78, 5) is 12.4. The van der Waals surface area contributed by atoms with E-state index in [-0.39, 0.29) is 5.91 Å². The van der Waals surface area contributed by atoms with E-state index >= 15 is 0 Å². The number of carbonyl (C=O) groups excluding carboxylic acids is 1. The Kier molecular flexibility index (Phi) is 5.10. The van der Waals surface area contributed by atoms with Gasteiger partial charge in [-0.3, -0.25) is 14.2 Å². The molecule has 1 amide bonds. The van der Waals surface area contributed by atoms with Gasteiger partial charge in [0.1, 0.15) is 0 Å². The highest BCUT2D eigenvalue weighted by atomic mass is 79.9. The molecule has 2 heterocycles. The van der Waals surface area contributed by atoms with Crippen LogP contribution in [-0.2, 0) is 13.6 Å². The fraction of sp³-hybridized carbons (Fsp3) is 0.235. The Labute approximate surface area is 162 Å². The summed E-state index contributed by atoms with van der Waals surface area (Å²) in [5.74, 6) is -0.251. The van der Waals surface area contributed by atoms with Crippen molar-refractivity contribution in [3.63, 3.8) is 0 Å². The topological polar surface area (TPSA) is 64.7 Å². The van der Waals surface area contributed by atoms with Gasteiger partial charge in [0.15, 0.2) is 5.69 Å².